The van der Waals surface area contributed by atoms with Gasteiger partial charge < -0.3 is 9.47 Å². The van der Waals surface area contributed by atoms with E-state index in [-0.39, 0.29) is 5.60 Å². The van der Waals surface area contributed by atoms with E-state index >= 15 is 0 Å². The Morgan fingerprint density at radius 2 is 2.00 bits per heavy atom. The Morgan fingerprint density at radius 3 is 2.60 bits per heavy atom. The predicted molar refractivity (Wildman–Crippen MR) is 86.9 cm³/mol. The van der Waals surface area contributed by atoms with E-state index in [0.29, 0.717) is 6.79 Å². The van der Waals surface area contributed by atoms with Gasteiger partial charge in [-0.15, -0.1) is 11.3 Å². The molecule has 1 aliphatic carbocycles. The SMILES string of the molecule is C[Si](C)(C)CCOCOC1(c2nccs2)CCCCC1. The minimum absolute atomic E-state index is 0.175. The number of ether oxygens (including phenoxy) is 2. The third kappa shape index (κ3) is 4.65. The van der Waals surface area contributed by atoms with Crippen LogP contribution in [0.5, 0.6) is 0 Å². The second kappa shape index (κ2) is 7.16. The number of nitrogens with zero attached hydrogens (tertiary/aromatic N) is 1. The highest BCUT2D eigenvalue weighted by Gasteiger charge is 2.37. The van der Waals surface area contributed by atoms with Crippen LogP contribution in [-0.2, 0) is 15.1 Å². The number of rotatable bonds is 7. The lowest BCUT2D eigenvalue weighted by atomic mass is 9.85. The normalized spacial score (nSPS) is 19.1. The highest BCUT2D eigenvalue weighted by molar-refractivity contribution is 7.09. The second-order valence-corrected chi connectivity index (χ2v) is 13.4. The van der Waals surface area contributed by atoms with Gasteiger partial charge in [-0.05, 0) is 18.9 Å². The van der Waals surface area contributed by atoms with E-state index < -0.39 is 8.07 Å². The number of hydrogen-bond donors (Lipinski definition) is 0. The lowest BCUT2D eigenvalue weighted by molar-refractivity contribution is -0.159. The molecule has 0 aliphatic heterocycles. The quantitative estimate of drug-likeness (QED) is 0.418. The maximum atomic E-state index is 6.17. The van der Waals surface area contributed by atoms with E-state index in [9.17, 15) is 0 Å². The second-order valence-electron chi connectivity index (χ2n) is 6.87. The summed E-state index contributed by atoms with van der Waals surface area (Å²) in [5, 5.41) is 3.17. The van der Waals surface area contributed by atoms with Crippen molar-refractivity contribution >= 4 is 19.4 Å². The summed E-state index contributed by atoms with van der Waals surface area (Å²) >= 11 is 1.71. The van der Waals surface area contributed by atoms with E-state index in [2.05, 4.69) is 24.6 Å². The van der Waals surface area contributed by atoms with Crippen LogP contribution in [0.15, 0.2) is 11.6 Å². The van der Waals surface area contributed by atoms with E-state index in [1.54, 1.807) is 11.3 Å². The van der Waals surface area contributed by atoms with Crippen LogP contribution in [0.25, 0.3) is 0 Å². The van der Waals surface area contributed by atoms with Gasteiger partial charge in [0, 0.05) is 26.3 Å². The molecule has 0 saturated heterocycles. The molecule has 114 valence electrons. The van der Waals surface area contributed by atoms with Crippen molar-refractivity contribution in [2.24, 2.45) is 0 Å². The van der Waals surface area contributed by atoms with Crippen LogP contribution in [0, 0.1) is 0 Å². The standard InChI is InChI=1S/C15H27NO2SSi/c1-20(2,3)12-10-17-13-18-15(7-5-4-6-8-15)14-16-9-11-19-14/h9,11H,4-8,10,12-13H2,1-3H3. The lowest BCUT2D eigenvalue weighted by Crippen LogP contribution is -2.33. The molecule has 1 aliphatic rings. The van der Waals surface area contributed by atoms with Crippen molar-refractivity contribution in [3.05, 3.63) is 16.6 Å². The third-order valence-electron chi connectivity index (χ3n) is 3.90. The Labute approximate surface area is 127 Å². The first-order valence-corrected chi connectivity index (χ1v) is 12.2. The largest absolute Gasteiger partial charge is 0.356 e. The maximum absolute atomic E-state index is 6.17. The number of aromatic nitrogens is 1. The average molecular weight is 314 g/mol. The summed E-state index contributed by atoms with van der Waals surface area (Å²) in [5.41, 5.74) is -0.175. The summed E-state index contributed by atoms with van der Waals surface area (Å²) in [6.45, 7) is 8.34. The Balaban J connectivity index is 1.83. The summed E-state index contributed by atoms with van der Waals surface area (Å²) in [4.78, 5) is 4.50. The number of hydrogen-bond acceptors (Lipinski definition) is 4. The minimum Gasteiger partial charge on any atom is -0.356 e. The molecule has 0 bridgehead atoms. The van der Waals surface area contributed by atoms with Crippen molar-refractivity contribution in [3.8, 4) is 0 Å². The predicted octanol–water partition coefficient (Wildman–Crippen LogP) is 4.63. The molecule has 1 heterocycles. The molecule has 5 heteroatoms. The molecule has 3 nitrogen and oxygen atoms in total. The van der Waals surface area contributed by atoms with E-state index in [0.717, 1.165) is 24.5 Å². The van der Waals surface area contributed by atoms with Crippen molar-refractivity contribution in [1.29, 1.82) is 0 Å². The van der Waals surface area contributed by atoms with Crippen LogP contribution in [0.2, 0.25) is 25.7 Å². The van der Waals surface area contributed by atoms with Crippen molar-refractivity contribution < 1.29 is 9.47 Å². The van der Waals surface area contributed by atoms with Gasteiger partial charge >= 0.3 is 0 Å². The van der Waals surface area contributed by atoms with Crippen molar-refractivity contribution in [2.45, 2.75) is 63.4 Å². The first-order valence-electron chi connectivity index (χ1n) is 7.64. The summed E-state index contributed by atoms with van der Waals surface area (Å²) < 4.78 is 11.9. The zero-order valence-corrected chi connectivity index (χ0v) is 14.8. The van der Waals surface area contributed by atoms with Gasteiger partial charge in [0.05, 0.1) is 0 Å². The lowest BCUT2D eigenvalue weighted by Gasteiger charge is -2.35. The van der Waals surface area contributed by atoms with Crippen LogP contribution in [0.3, 0.4) is 0 Å². The van der Waals surface area contributed by atoms with Gasteiger partial charge in [-0.2, -0.15) is 0 Å². The summed E-state index contributed by atoms with van der Waals surface area (Å²) in [6.07, 6.45) is 7.82. The Bertz CT molecular complexity index is 383. The van der Waals surface area contributed by atoms with Crippen molar-refractivity contribution in [1.82, 2.24) is 4.98 Å². The van der Waals surface area contributed by atoms with Crippen LogP contribution in [0.4, 0.5) is 0 Å². The zero-order chi connectivity index (χ0) is 14.5. The first kappa shape index (κ1) is 16.1. The monoisotopic (exact) mass is 313 g/mol. The summed E-state index contributed by atoms with van der Waals surface area (Å²) in [7, 11) is -1.01. The molecule has 1 fully saturated rings. The molecule has 2 rings (SSSR count). The van der Waals surface area contributed by atoms with Gasteiger partial charge in [0.25, 0.3) is 0 Å². The van der Waals surface area contributed by atoms with E-state index in [1.165, 1.54) is 25.3 Å². The fraction of sp³-hybridized carbons (Fsp3) is 0.800. The van der Waals surface area contributed by atoms with E-state index in [1.807, 2.05) is 11.6 Å². The molecule has 0 atom stereocenters. The molecule has 20 heavy (non-hydrogen) atoms. The Hall–Kier alpha value is -0.233. The molecule has 0 spiro atoms. The molecule has 0 N–H and O–H groups in total. The Morgan fingerprint density at radius 1 is 1.25 bits per heavy atom. The van der Waals surface area contributed by atoms with Gasteiger partial charge in [0.15, 0.2) is 0 Å². The van der Waals surface area contributed by atoms with Crippen LogP contribution in [-0.4, -0.2) is 26.5 Å². The fourth-order valence-electron chi connectivity index (χ4n) is 2.58. The molecule has 0 unspecified atom stereocenters. The molecular weight excluding hydrogens is 286 g/mol. The van der Waals surface area contributed by atoms with Gasteiger partial charge in [-0.3, -0.25) is 0 Å². The minimum atomic E-state index is -1.01. The van der Waals surface area contributed by atoms with Gasteiger partial charge in [0.2, 0.25) is 0 Å². The molecule has 1 saturated carbocycles. The van der Waals surface area contributed by atoms with Crippen molar-refractivity contribution in [3.63, 3.8) is 0 Å². The first-order chi connectivity index (χ1) is 9.52. The van der Waals surface area contributed by atoms with Crippen molar-refractivity contribution in [2.75, 3.05) is 13.4 Å². The molecule has 0 radical (unpaired) electrons. The molecule has 0 aromatic carbocycles. The van der Waals surface area contributed by atoms with Gasteiger partial charge in [-0.1, -0.05) is 38.9 Å². The smallest absolute Gasteiger partial charge is 0.148 e. The summed E-state index contributed by atoms with van der Waals surface area (Å²) in [5.74, 6) is 0. The average Bonchev–Trinajstić information content (AvgIpc) is 2.92. The Kier molecular flexibility index (Phi) is 5.78. The van der Waals surface area contributed by atoms with Gasteiger partial charge in [-0.25, -0.2) is 4.98 Å². The fourth-order valence-corrected chi connectivity index (χ4v) is 4.19. The van der Waals surface area contributed by atoms with E-state index in [4.69, 9.17) is 9.47 Å². The molecule has 0 amide bonds. The van der Waals surface area contributed by atoms with Crippen LogP contribution in [0.1, 0.15) is 37.1 Å². The third-order valence-corrected chi connectivity index (χ3v) is 6.56. The zero-order valence-electron chi connectivity index (χ0n) is 13.0. The molecule has 1 aromatic rings. The highest BCUT2D eigenvalue weighted by Crippen LogP contribution is 2.41. The summed E-state index contributed by atoms with van der Waals surface area (Å²) in [6, 6.07) is 1.20. The topological polar surface area (TPSA) is 31.4 Å². The highest BCUT2D eigenvalue weighted by atomic mass is 32.1. The molecular formula is C15H27NO2SSi. The van der Waals surface area contributed by atoms with Crippen LogP contribution < -0.4 is 0 Å². The number of thiazole rings is 1. The molecule has 1 aromatic heterocycles. The van der Waals surface area contributed by atoms with Gasteiger partial charge in [0.1, 0.15) is 17.4 Å². The van der Waals surface area contributed by atoms with Crippen LogP contribution >= 0.6 is 11.3 Å². The maximum Gasteiger partial charge on any atom is 0.148 e.